The Morgan fingerprint density at radius 1 is 0.870 bits per heavy atom. The van der Waals surface area contributed by atoms with Gasteiger partial charge in [-0.1, -0.05) is 35.0 Å². The highest BCUT2D eigenvalue weighted by atomic mass is 79.9. The summed E-state index contributed by atoms with van der Waals surface area (Å²) in [6.45, 7) is 2.15. The largest absolute Gasteiger partial charge is 0.340 e. The minimum atomic E-state index is 0.558. The van der Waals surface area contributed by atoms with Crippen LogP contribution in [0.3, 0.4) is 0 Å². The molecule has 0 fully saturated rings. The van der Waals surface area contributed by atoms with E-state index in [0.717, 1.165) is 28.1 Å². The van der Waals surface area contributed by atoms with Crippen LogP contribution in [0.2, 0.25) is 0 Å². The monoisotopic (exact) mass is 368 g/mol. The molecule has 0 aliphatic carbocycles. The minimum absolute atomic E-state index is 0.558. The SMILES string of the molecule is CCc1ccc(Nc2ccnc(Nc3ccc(Br)cc3)n2)cc1. The molecule has 2 N–H and O–H groups in total. The molecule has 116 valence electrons. The van der Waals surface area contributed by atoms with E-state index < -0.39 is 0 Å². The highest BCUT2D eigenvalue weighted by Crippen LogP contribution is 2.19. The standard InChI is InChI=1S/C18H17BrN4/c1-2-13-3-7-15(8-4-13)21-17-11-12-20-18(23-17)22-16-9-5-14(19)6-10-16/h3-12H,2H2,1H3,(H2,20,21,22,23). The van der Waals surface area contributed by atoms with Gasteiger partial charge in [0.2, 0.25) is 5.95 Å². The van der Waals surface area contributed by atoms with Crippen LogP contribution in [0.15, 0.2) is 65.3 Å². The lowest BCUT2D eigenvalue weighted by atomic mass is 10.1. The Kier molecular flexibility index (Phi) is 4.88. The molecule has 23 heavy (non-hydrogen) atoms. The topological polar surface area (TPSA) is 49.8 Å². The lowest BCUT2D eigenvalue weighted by Gasteiger charge is -2.09. The van der Waals surface area contributed by atoms with Gasteiger partial charge in [-0.05, 0) is 54.4 Å². The average molecular weight is 369 g/mol. The van der Waals surface area contributed by atoms with E-state index in [9.17, 15) is 0 Å². The summed E-state index contributed by atoms with van der Waals surface area (Å²) in [5.41, 5.74) is 3.27. The summed E-state index contributed by atoms with van der Waals surface area (Å²) >= 11 is 3.42. The quantitative estimate of drug-likeness (QED) is 0.642. The molecule has 0 spiro atoms. The fourth-order valence-electron chi connectivity index (χ4n) is 2.12. The molecule has 0 bridgehead atoms. The van der Waals surface area contributed by atoms with Crippen molar-refractivity contribution < 1.29 is 0 Å². The third-order valence-electron chi connectivity index (χ3n) is 3.39. The molecule has 0 saturated heterocycles. The third-order valence-corrected chi connectivity index (χ3v) is 3.92. The van der Waals surface area contributed by atoms with Gasteiger partial charge < -0.3 is 10.6 Å². The second kappa shape index (κ2) is 7.24. The van der Waals surface area contributed by atoms with Gasteiger partial charge in [-0.25, -0.2) is 4.98 Å². The van der Waals surface area contributed by atoms with E-state index in [1.54, 1.807) is 6.20 Å². The number of aryl methyl sites for hydroxylation is 1. The number of nitrogens with zero attached hydrogens (tertiary/aromatic N) is 2. The van der Waals surface area contributed by atoms with E-state index >= 15 is 0 Å². The zero-order valence-corrected chi connectivity index (χ0v) is 14.3. The Hall–Kier alpha value is -2.40. The summed E-state index contributed by atoms with van der Waals surface area (Å²) < 4.78 is 1.04. The summed E-state index contributed by atoms with van der Waals surface area (Å²) in [5, 5.41) is 6.48. The first kappa shape index (κ1) is 15.5. The molecule has 1 aromatic heterocycles. The first-order chi connectivity index (χ1) is 11.2. The van der Waals surface area contributed by atoms with E-state index in [4.69, 9.17) is 0 Å². The number of rotatable bonds is 5. The smallest absolute Gasteiger partial charge is 0.229 e. The van der Waals surface area contributed by atoms with Gasteiger partial charge in [0.25, 0.3) is 0 Å². The minimum Gasteiger partial charge on any atom is -0.340 e. The number of halogens is 1. The zero-order valence-electron chi connectivity index (χ0n) is 12.8. The molecule has 0 radical (unpaired) electrons. The van der Waals surface area contributed by atoms with Crippen molar-refractivity contribution in [3.8, 4) is 0 Å². The molecule has 0 unspecified atom stereocenters. The maximum Gasteiger partial charge on any atom is 0.229 e. The molecule has 4 nitrogen and oxygen atoms in total. The number of benzene rings is 2. The summed E-state index contributed by atoms with van der Waals surface area (Å²) in [5.74, 6) is 1.31. The van der Waals surface area contributed by atoms with E-state index in [2.05, 4.69) is 67.7 Å². The lowest BCUT2D eigenvalue weighted by molar-refractivity contribution is 1.14. The zero-order chi connectivity index (χ0) is 16.1. The van der Waals surface area contributed by atoms with Gasteiger partial charge in [-0.3, -0.25) is 0 Å². The molecule has 0 saturated carbocycles. The Balaban J connectivity index is 1.72. The molecule has 0 amide bonds. The van der Waals surface area contributed by atoms with Crippen LogP contribution in [0.25, 0.3) is 0 Å². The van der Waals surface area contributed by atoms with Crippen molar-refractivity contribution in [1.29, 1.82) is 0 Å². The molecule has 0 atom stereocenters. The Morgan fingerprint density at radius 2 is 1.52 bits per heavy atom. The molecule has 2 aromatic carbocycles. The van der Waals surface area contributed by atoms with Gasteiger partial charge in [-0.2, -0.15) is 4.98 Å². The number of aromatic nitrogens is 2. The lowest BCUT2D eigenvalue weighted by Crippen LogP contribution is -2.00. The highest BCUT2D eigenvalue weighted by molar-refractivity contribution is 9.10. The van der Waals surface area contributed by atoms with Crippen LogP contribution in [0.5, 0.6) is 0 Å². The third kappa shape index (κ3) is 4.29. The second-order valence-corrected chi connectivity index (χ2v) is 5.99. The summed E-state index contributed by atoms with van der Waals surface area (Å²) in [4.78, 5) is 8.74. The van der Waals surface area contributed by atoms with Crippen LogP contribution >= 0.6 is 15.9 Å². The van der Waals surface area contributed by atoms with Crippen LogP contribution < -0.4 is 10.6 Å². The molecule has 3 rings (SSSR count). The van der Waals surface area contributed by atoms with Crippen LogP contribution in [0.1, 0.15) is 12.5 Å². The second-order valence-electron chi connectivity index (χ2n) is 5.07. The predicted octanol–water partition coefficient (Wildman–Crippen LogP) is 5.29. The number of hydrogen-bond acceptors (Lipinski definition) is 4. The van der Waals surface area contributed by atoms with Crippen molar-refractivity contribution >= 4 is 39.1 Å². The Bertz CT molecular complexity index is 770. The number of hydrogen-bond donors (Lipinski definition) is 2. The normalized spacial score (nSPS) is 10.3. The first-order valence-corrected chi connectivity index (χ1v) is 8.24. The van der Waals surface area contributed by atoms with Crippen LogP contribution in [0, 0.1) is 0 Å². The van der Waals surface area contributed by atoms with Crippen LogP contribution in [-0.2, 0) is 6.42 Å². The van der Waals surface area contributed by atoms with Crippen molar-refractivity contribution in [2.45, 2.75) is 13.3 Å². The van der Waals surface area contributed by atoms with Crippen LogP contribution in [-0.4, -0.2) is 9.97 Å². The highest BCUT2D eigenvalue weighted by Gasteiger charge is 2.01. The van der Waals surface area contributed by atoms with Gasteiger partial charge in [0.05, 0.1) is 0 Å². The summed E-state index contributed by atoms with van der Waals surface area (Å²) in [6.07, 6.45) is 2.77. The first-order valence-electron chi connectivity index (χ1n) is 7.44. The van der Waals surface area contributed by atoms with Crippen molar-refractivity contribution in [2.75, 3.05) is 10.6 Å². The van der Waals surface area contributed by atoms with E-state index in [0.29, 0.717) is 5.95 Å². The van der Waals surface area contributed by atoms with E-state index in [1.807, 2.05) is 30.3 Å². The van der Waals surface area contributed by atoms with Crippen molar-refractivity contribution in [3.05, 3.63) is 70.8 Å². The average Bonchev–Trinajstić information content (AvgIpc) is 2.58. The molecule has 0 aliphatic rings. The van der Waals surface area contributed by atoms with Gasteiger partial charge in [-0.15, -0.1) is 0 Å². The molecular formula is C18H17BrN4. The number of nitrogens with one attached hydrogen (secondary N) is 2. The fraction of sp³-hybridized carbons (Fsp3) is 0.111. The Labute approximate surface area is 144 Å². The van der Waals surface area contributed by atoms with E-state index in [1.165, 1.54) is 5.56 Å². The molecule has 3 aromatic rings. The fourth-order valence-corrected chi connectivity index (χ4v) is 2.39. The van der Waals surface area contributed by atoms with Gasteiger partial charge in [0.1, 0.15) is 5.82 Å². The predicted molar refractivity (Wildman–Crippen MR) is 98.6 cm³/mol. The van der Waals surface area contributed by atoms with Crippen molar-refractivity contribution in [1.82, 2.24) is 9.97 Å². The van der Waals surface area contributed by atoms with Gasteiger partial charge in [0.15, 0.2) is 0 Å². The van der Waals surface area contributed by atoms with Gasteiger partial charge in [0, 0.05) is 22.0 Å². The molecule has 1 heterocycles. The maximum atomic E-state index is 4.48. The van der Waals surface area contributed by atoms with Crippen LogP contribution in [0.4, 0.5) is 23.1 Å². The van der Waals surface area contributed by atoms with Crippen molar-refractivity contribution in [2.24, 2.45) is 0 Å². The number of anilines is 4. The van der Waals surface area contributed by atoms with Gasteiger partial charge >= 0.3 is 0 Å². The Morgan fingerprint density at radius 3 is 2.22 bits per heavy atom. The molecular weight excluding hydrogens is 352 g/mol. The summed E-state index contributed by atoms with van der Waals surface area (Å²) in [7, 11) is 0. The molecule has 0 aliphatic heterocycles. The molecule has 5 heteroatoms. The maximum absolute atomic E-state index is 4.48. The summed E-state index contributed by atoms with van der Waals surface area (Å²) in [6, 6.07) is 18.1. The van der Waals surface area contributed by atoms with E-state index in [-0.39, 0.29) is 0 Å². The van der Waals surface area contributed by atoms with Crippen molar-refractivity contribution in [3.63, 3.8) is 0 Å².